The Morgan fingerprint density at radius 2 is 2.06 bits per heavy atom. The second-order valence-corrected chi connectivity index (χ2v) is 7.32. The molecular weight excluding hydrogens is 396 g/mol. The van der Waals surface area contributed by atoms with Crippen molar-refractivity contribution in [1.29, 1.82) is 0 Å². The second-order valence-electron chi connectivity index (χ2n) is 7.32. The third-order valence-corrected chi connectivity index (χ3v) is 4.91. The molecule has 0 saturated carbocycles. The van der Waals surface area contributed by atoms with Crippen LogP contribution in [0.5, 0.6) is 5.75 Å². The lowest BCUT2D eigenvalue weighted by atomic mass is 10.1. The molecule has 2 heterocycles. The molecule has 0 aliphatic rings. The zero-order valence-electron chi connectivity index (χ0n) is 18.4. The van der Waals surface area contributed by atoms with Crippen LogP contribution in [0.2, 0.25) is 0 Å². The summed E-state index contributed by atoms with van der Waals surface area (Å²) >= 11 is 0. The fraction of sp³-hybridized carbons (Fsp3) is 0.476. The van der Waals surface area contributed by atoms with Crippen molar-refractivity contribution in [2.24, 2.45) is 5.73 Å². The van der Waals surface area contributed by atoms with Crippen molar-refractivity contribution in [3.8, 4) is 5.75 Å². The molecule has 3 rings (SSSR count). The Morgan fingerprint density at radius 1 is 1.23 bits per heavy atom. The molecule has 31 heavy (non-hydrogen) atoms. The second kappa shape index (κ2) is 10.9. The first-order valence-electron chi connectivity index (χ1n) is 10.4. The molecule has 0 saturated heterocycles. The topological polar surface area (TPSA) is 138 Å². The average molecular weight is 429 g/mol. The number of rotatable bonds is 12. The molecule has 0 fully saturated rings. The van der Waals surface area contributed by atoms with Gasteiger partial charge in [0.05, 0.1) is 32.6 Å². The van der Waals surface area contributed by atoms with E-state index in [2.05, 4.69) is 38.7 Å². The number of nitrogens with two attached hydrogens (primary N) is 2. The van der Waals surface area contributed by atoms with E-state index in [1.807, 2.05) is 16.8 Å². The maximum absolute atomic E-state index is 6.17. The quantitative estimate of drug-likeness (QED) is 0.251. The van der Waals surface area contributed by atoms with E-state index in [-0.39, 0.29) is 12.1 Å². The van der Waals surface area contributed by atoms with E-state index in [4.69, 9.17) is 20.9 Å². The van der Waals surface area contributed by atoms with Crippen LogP contribution in [0.4, 0.5) is 11.8 Å². The summed E-state index contributed by atoms with van der Waals surface area (Å²) in [5.74, 6) is 1.56. The molecule has 10 nitrogen and oxygen atoms in total. The Labute approximate surface area is 182 Å². The highest BCUT2D eigenvalue weighted by molar-refractivity contribution is 5.86. The molecule has 6 N–H and O–H groups in total. The third kappa shape index (κ3) is 5.81. The van der Waals surface area contributed by atoms with Crippen molar-refractivity contribution >= 4 is 22.8 Å². The van der Waals surface area contributed by atoms with Gasteiger partial charge in [0, 0.05) is 25.8 Å². The van der Waals surface area contributed by atoms with Gasteiger partial charge in [0.2, 0.25) is 5.95 Å². The summed E-state index contributed by atoms with van der Waals surface area (Å²) < 4.78 is 12.5. The van der Waals surface area contributed by atoms with Crippen LogP contribution >= 0.6 is 0 Å². The molecule has 2 aromatic heterocycles. The Morgan fingerprint density at radius 3 is 2.81 bits per heavy atom. The van der Waals surface area contributed by atoms with Crippen molar-refractivity contribution in [2.75, 3.05) is 38.4 Å². The number of ether oxygens (including phenoxy) is 2. The minimum atomic E-state index is -0.231. The molecule has 10 heteroatoms. The summed E-state index contributed by atoms with van der Waals surface area (Å²) in [6.07, 6.45) is 3.23. The van der Waals surface area contributed by atoms with E-state index < -0.39 is 0 Å². The molecule has 0 spiro atoms. The van der Waals surface area contributed by atoms with E-state index in [1.54, 1.807) is 20.4 Å². The molecule has 1 unspecified atom stereocenters. The first-order valence-corrected chi connectivity index (χ1v) is 10.4. The molecule has 0 radical (unpaired) electrons. The van der Waals surface area contributed by atoms with Crippen LogP contribution in [-0.4, -0.2) is 53.3 Å². The lowest BCUT2D eigenvalue weighted by molar-refractivity contribution is 0.199. The minimum absolute atomic E-state index is 0.182. The highest BCUT2D eigenvalue weighted by atomic mass is 16.5. The summed E-state index contributed by atoms with van der Waals surface area (Å²) in [4.78, 5) is 8.68. The van der Waals surface area contributed by atoms with Crippen molar-refractivity contribution in [3.63, 3.8) is 0 Å². The summed E-state index contributed by atoms with van der Waals surface area (Å²) in [7, 11) is 3.36. The van der Waals surface area contributed by atoms with Crippen LogP contribution < -0.4 is 26.8 Å². The first-order chi connectivity index (χ1) is 15.0. The summed E-state index contributed by atoms with van der Waals surface area (Å²) in [5.41, 5.74) is 15.6. The number of hydrogen-bond donors (Lipinski definition) is 4. The standard InChI is InChI=1S/C21H32N8O2/c1-4-5-18(22)27-20-19-16(26-21(23)28-20)12-25-29(19)13-15-7-6-14(10-17(15)31-3)11-24-8-9-30-2/h6-7,10,12,18,24H,4-5,8-9,11,13,22H2,1-3H3,(H3,23,26,27,28). The van der Waals surface area contributed by atoms with Crippen LogP contribution in [0, 0.1) is 0 Å². The SMILES string of the molecule is CCCC(N)Nc1nc(N)nc2cnn(Cc3ccc(CNCCOC)cc3OC)c12. The summed E-state index contributed by atoms with van der Waals surface area (Å²) in [6, 6.07) is 6.16. The van der Waals surface area contributed by atoms with Gasteiger partial charge in [-0.15, -0.1) is 0 Å². The number of benzene rings is 1. The molecule has 0 bridgehead atoms. The van der Waals surface area contributed by atoms with Gasteiger partial charge in [0.25, 0.3) is 0 Å². The lowest BCUT2D eigenvalue weighted by Crippen LogP contribution is -2.30. The highest BCUT2D eigenvalue weighted by Crippen LogP contribution is 2.26. The largest absolute Gasteiger partial charge is 0.496 e. The fourth-order valence-electron chi connectivity index (χ4n) is 3.39. The molecule has 3 aromatic rings. The average Bonchev–Trinajstić information content (AvgIpc) is 3.14. The number of aromatic nitrogens is 4. The van der Waals surface area contributed by atoms with Gasteiger partial charge in [-0.1, -0.05) is 25.5 Å². The van der Waals surface area contributed by atoms with Gasteiger partial charge in [0.15, 0.2) is 5.82 Å². The van der Waals surface area contributed by atoms with Crippen LogP contribution in [0.3, 0.4) is 0 Å². The van der Waals surface area contributed by atoms with Crippen LogP contribution in [0.15, 0.2) is 24.4 Å². The Bertz CT molecular complexity index is 991. The van der Waals surface area contributed by atoms with Crippen molar-refractivity contribution in [1.82, 2.24) is 25.1 Å². The van der Waals surface area contributed by atoms with Crippen molar-refractivity contribution in [3.05, 3.63) is 35.5 Å². The van der Waals surface area contributed by atoms with E-state index in [0.29, 0.717) is 24.5 Å². The maximum Gasteiger partial charge on any atom is 0.222 e. The first kappa shape index (κ1) is 22.7. The molecule has 168 valence electrons. The number of nitrogens with zero attached hydrogens (tertiary/aromatic N) is 4. The number of fused-ring (bicyclic) bond motifs is 1. The third-order valence-electron chi connectivity index (χ3n) is 4.91. The van der Waals surface area contributed by atoms with Gasteiger partial charge in [-0.3, -0.25) is 4.68 Å². The van der Waals surface area contributed by atoms with Gasteiger partial charge in [-0.05, 0) is 18.1 Å². The van der Waals surface area contributed by atoms with Gasteiger partial charge in [-0.25, -0.2) is 4.98 Å². The molecule has 0 amide bonds. The van der Waals surface area contributed by atoms with Gasteiger partial charge < -0.3 is 31.6 Å². The van der Waals surface area contributed by atoms with Crippen molar-refractivity contribution < 1.29 is 9.47 Å². The summed E-state index contributed by atoms with van der Waals surface area (Å²) in [5, 5.41) is 11.1. The van der Waals surface area contributed by atoms with Crippen LogP contribution in [0.1, 0.15) is 30.9 Å². The number of anilines is 2. The highest BCUT2D eigenvalue weighted by Gasteiger charge is 2.16. The van der Waals surface area contributed by atoms with Crippen molar-refractivity contribution in [2.45, 2.75) is 39.0 Å². The number of methoxy groups -OCH3 is 2. The van der Waals surface area contributed by atoms with Gasteiger partial charge in [0.1, 0.15) is 16.8 Å². The normalized spacial score (nSPS) is 12.3. The Balaban J connectivity index is 1.85. The molecule has 0 aliphatic heterocycles. The molecule has 1 aromatic carbocycles. The van der Waals surface area contributed by atoms with Crippen LogP contribution in [-0.2, 0) is 17.8 Å². The summed E-state index contributed by atoms with van der Waals surface area (Å²) in [6.45, 7) is 4.78. The minimum Gasteiger partial charge on any atom is -0.496 e. The van der Waals surface area contributed by atoms with E-state index >= 15 is 0 Å². The number of nitrogen functional groups attached to an aromatic ring is 1. The smallest absolute Gasteiger partial charge is 0.222 e. The van der Waals surface area contributed by atoms with Gasteiger partial charge in [-0.2, -0.15) is 10.1 Å². The molecule has 1 atom stereocenters. The van der Waals surface area contributed by atoms with Gasteiger partial charge >= 0.3 is 0 Å². The predicted molar refractivity (Wildman–Crippen MR) is 122 cm³/mol. The Hall–Kier alpha value is -2.95. The fourth-order valence-corrected chi connectivity index (χ4v) is 3.39. The maximum atomic E-state index is 6.17. The lowest BCUT2D eigenvalue weighted by Gasteiger charge is -2.16. The zero-order valence-corrected chi connectivity index (χ0v) is 18.4. The monoisotopic (exact) mass is 428 g/mol. The van der Waals surface area contributed by atoms with E-state index in [1.165, 1.54) is 0 Å². The molecule has 0 aliphatic carbocycles. The van der Waals surface area contributed by atoms with E-state index in [0.717, 1.165) is 48.3 Å². The van der Waals surface area contributed by atoms with Crippen LogP contribution in [0.25, 0.3) is 11.0 Å². The van der Waals surface area contributed by atoms with E-state index in [9.17, 15) is 0 Å². The number of hydrogen-bond acceptors (Lipinski definition) is 9. The Kier molecular flexibility index (Phi) is 7.99. The predicted octanol–water partition coefficient (Wildman–Crippen LogP) is 1.70. The number of nitrogens with one attached hydrogen (secondary N) is 2. The molecular formula is C21H32N8O2. The zero-order chi connectivity index (χ0) is 22.2.